The van der Waals surface area contributed by atoms with Crippen LogP contribution in [0.2, 0.25) is 0 Å². The van der Waals surface area contributed by atoms with Crippen LogP contribution in [0.3, 0.4) is 0 Å². The first-order chi connectivity index (χ1) is 8.74. The van der Waals surface area contributed by atoms with E-state index in [0.717, 1.165) is 26.2 Å². The maximum atomic E-state index is 13.4. The molecule has 1 aliphatic heterocycles. The van der Waals surface area contributed by atoms with Gasteiger partial charge in [0.05, 0.1) is 18.5 Å². The number of hydrogen-bond acceptors (Lipinski definition) is 4. The molecule has 2 rings (SSSR count). The standard InChI is InChI=1S/C13H16FN3O/c14-11-3-1-2-10(13(11)18)12(4-5-15)17-8-6-16-7-9-17/h1-3,12,16,18H,4,6-9H2/t12-/m0/s1. The molecule has 4 nitrogen and oxygen atoms in total. The molecule has 1 aromatic carbocycles. The Bertz CT molecular complexity index is 452. The van der Waals surface area contributed by atoms with E-state index in [9.17, 15) is 9.50 Å². The molecule has 18 heavy (non-hydrogen) atoms. The topological polar surface area (TPSA) is 59.3 Å². The second-order valence-electron chi connectivity index (χ2n) is 4.34. The Labute approximate surface area is 106 Å². The first-order valence-corrected chi connectivity index (χ1v) is 6.03. The quantitative estimate of drug-likeness (QED) is 0.850. The Balaban J connectivity index is 2.28. The minimum atomic E-state index is -0.634. The van der Waals surface area contributed by atoms with Gasteiger partial charge in [-0.2, -0.15) is 5.26 Å². The highest BCUT2D eigenvalue weighted by Crippen LogP contribution is 2.32. The summed E-state index contributed by atoms with van der Waals surface area (Å²) in [6, 6.07) is 6.34. The lowest BCUT2D eigenvalue weighted by Gasteiger charge is -2.34. The van der Waals surface area contributed by atoms with Gasteiger partial charge in [0.15, 0.2) is 11.6 Å². The van der Waals surface area contributed by atoms with Crippen LogP contribution in [-0.4, -0.2) is 36.2 Å². The number of halogens is 1. The van der Waals surface area contributed by atoms with E-state index in [1.54, 1.807) is 12.1 Å². The van der Waals surface area contributed by atoms with E-state index in [0.29, 0.717) is 5.56 Å². The lowest BCUT2D eigenvalue weighted by atomic mass is 10.0. The molecular weight excluding hydrogens is 233 g/mol. The lowest BCUT2D eigenvalue weighted by molar-refractivity contribution is 0.172. The number of aromatic hydroxyl groups is 1. The Hall–Kier alpha value is -1.64. The van der Waals surface area contributed by atoms with E-state index in [1.165, 1.54) is 6.07 Å². The van der Waals surface area contributed by atoms with Gasteiger partial charge in [-0.05, 0) is 6.07 Å². The third-order valence-electron chi connectivity index (χ3n) is 3.25. The molecule has 0 aromatic heterocycles. The van der Waals surface area contributed by atoms with Crippen molar-refractivity contribution in [1.29, 1.82) is 5.26 Å². The van der Waals surface area contributed by atoms with Crippen LogP contribution < -0.4 is 5.32 Å². The SMILES string of the molecule is N#CC[C@@H](c1cccc(F)c1O)N1CCNCC1. The maximum absolute atomic E-state index is 13.4. The number of nitriles is 1. The minimum Gasteiger partial charge on any atom is -0.505 e. The first-order valence-electron chi connectivity index (χ1n) is 6.03. The van der Waals surface area contributed by atoms with Crippen molar-refractivity contribution in [3.05, 3.63) is 29.6 Å². The summed E-state index contributed by atoms with van der Waals surface area (Å²) in [6.45, 7) is 3.28. The molecule has 5 heteroatoms. The summed E-state index contributed by atoms with van der Waals surface area (Å²) in [5.74, 6) is -0.971. The number of phenols is 1. The van der Waals surface area contributed by atoms with Crippen LogP contribution >= 0.6 is 0 Å². The summed E-state index contributed by atoms with van der Waals surface area (Å²) in [5, 5.41) is 21.9. The van der Waals surface area contributed by atoms with Crippen molar-refractivity contribution in [2.75, 3.05) is 26.2 Å². The van der Waals surface area contributed by atoms with E-state index >= 15 is 0 Å². The Kier molecular flexibility index (Phi) is 4.13. The van der Waals surface area contributed by atoms with Crippen LogP contribution in [0.5, 0.6) is 5.75 Å². The van der Waals surface area contributed by atoms with Crippen LogP contribution in [-0.2, 0) is 0 Å². The summed E-state index contributed by atoms with van der Waals surface area (Å²) in [4.78, 5) is 2.11. The number of benzene rings is 1. The van der Waals surface area contributed by atoms with E-state index in [4.69, 9.17) is 5.26 Å². The van der Waals surface area contributed by atoms with E-state index in [2.05, 4.69) is 16.3 Å². The summed E-state index contributed by atoms with van der Waals surface area (Å²) in [5.41, 5.74) is 0.499. The van der Waals surface area contributed by atoms with Gasteiger partial charge in [0.1, 0.15) is 0 Å². The van der Waals surface area contributed by atoms with Gasteiger partial charge < -0.3 is 10.4 Å². The predicted molar refractivity (Wildman–Crippen MR) is 65.5 cm³/mol. The average Bonchev–Trinajstić information content (AvgIpc) is 2.41. The van der Waals surface area contributed by atoms with Gasteiger partial charge in [-0.1, -0.05) is 12.1 Å². The Morgan fingerprint density at radius 3 is 2.83 bits per heavy atom. The zero-order chi connectivity index (χ0) is 13.0. The van der Waals surface area contributed by atoms with Gasteiger partial charge in [0, 0.05) is 31.7 Å². The van der Waals surface area contributed by atoms with Crippen LogP contribution in [0.25, 0.3) is 0 Å². The highest BCUT2D eigenvalue weighted by atomic mass is 19.1. The number of para-hydroxylation sites is 1. The second kappa shape index (κ2) is 5.80. The molecule has 0 saturated carbocycles. The van der Waals surface area contributed by atoms with Gasteiger partial charge in [0.25, 0.3) is 0 Å². The molecule has 1 aliphatic rings. The highest BCUT2D eigenvalue weighted by molar-refractivity contribution is 5.36. The molecule has 1 heterocycles. The molecule has 0 bridgehead atoms. The fourth-order valence-electron chi connectivity index (χ4n) is 2.32. The van der Waals surface area contributed by atoms with Crippen LogP contribution in [0, 0.1) is 17.1 Å². The third-order valence-corrected chi connectivity index (χ3v) is 3.25. The zero-order valence-corrected chi connectivity index (χ0v) is 10.1. The van der Waals surface area contributed by atoms with Gasteiger partial charge in [-0.25, -0.2) is 4.39 Å². The van der Waals surface area contributed by atoms with Gasteiger partial charge in [0.2, 0.25) is 0 Å². The average molecular weight is 249 g/mol. The van der Waals surface area contributed by atoms with Crippen molar-refractivity contribution in [3.63, 3.8) is 0 Å². The third kappa shape index (κ3) is 2.61. The Morgan fingerprint density at radius 1 is 1.44 bits per heavy atom. The van der Waals surface area contributed by atoms with Gasteiger partial charge in [-0.15, -0.1) is 0 Å². The molecule has 1 fully saturated rings. The zero-order valence-electron chi connectivity index (χ0n) is 10.1. The van der Waals surface area contributed by atoms with Gasteiger partial charge >= 0.3 is 0 Å². The molecule has 96 valence electrons. The number of phenolic OH excluding ortho intramolecular Hbond substituents is 1. The lowest BCUT2D eigenvalue weighted by Crippen LogP contribution is -2.45. The molecular formula is C13H16FN3O. The number of nitrogens with one attached hydrogen (secondary N) is 1. The molecule has 1 aromatic rings. The fraction of sp³-hybridized carbons (Fsp3) is 0.462. The monoisotopic (exact) mass is 249 g/mol. The number of hydrogen-bond donors (Lipinski definition) is 2. The molecule has 0 aliphatic carbocycles. The molecule has 1 saturated heterocycles. The fourth-order valence-corrected chi connectivity index (χ4v) is 2.32. The van der Waals surface area contributed by atoms with E-state index < -0.39 is 5.82 Å². The summed E-state index contributed by atoms with van der Waals surface area (Å²) >= 11 is 0. The van der Waals surface area contributed by atoms with Crippen molar-refractivity contribution >= 4 is 0 Å². The second-order valence-corrected chi connectivity index (χ2v) is 4.34. The highest BCUT2D eigenvalue weighted by Gasteiger charge is 2.25. The van der Waals surface area contributed by atoms with Crippen molar-refractivity contribution < 1.29 is 9.50 Å². The first kappa shape index (κ1) is 12.8. The number of nitrogens with zero attached hydrogens (tertiary/aromatic N) is 2. The largest absolute Gasteiger partial charge is 0.505 e. The summed E-state index contributed by atoms with van der Waals surface area (Å²) in [6.07, 6.45) is 0.247. The molecule has 0 unspecified atom stereocenters. The minimum absolute atomic E-state index is 0.243. The summed E-state index contributed by atoms with van der Waals surface area (Å²) < 4.78 is 13.4. The summed E-state index contributed by atoms with van der Waals surface area (Å²) in [7, 11) is 0. The number of rotatable bonds is 3. The van der Waals surface area contributed by atoms with Crippen LogP contribution in [0.4, 0.5) is 4.39 Å². The van der Waals surface area contributed by atoms with Crippen molar-refractivity contribution in [2.24, 2.45) is 0 Å². The van der Waals surface area contributed by atoms with Gasteiger partial charge in [-0.3, -0.25) is 4.90 Å². The Morgan fingerprint density at radius 2 is 2.17 bits per heavy atom. The maximum Gasteiger partial charge on any atom is 0.165 e. The smallest absolute Gasteiger partial charge is 0.165 e. The van der Waals surface area contributed by atoms with E-state index in [-0.39, 0.29) is 18.2 Å². The van der Waals surface area contributed by atoms with Crippen molar-refractivity contribution in [1.82, 2.24) is 10.2 Å². The molecule has 0 amide bonds. The predicted octanol–water partition coefficient (Wildman–Crippen LogP) is 1.39. The van der Waals surface area contributed by atoms with Crippen LogP contribution in [0.1, 0.15) is 18.0 Å². The van der Waals surface area contributed by atoms with Crippen LogP contribution in [0.15, 0.2) is 18.2 Å². The van der Waals surface area contributed by atoms with E-state index in [1.807, 2.05) is 0 Å². The number of piperazine rings is 1. The molecule has 0 spiro atoms. The molecule has 1 atom stereocenters. The van der Waals surface area contributed by atoms with Crippen molar-refractivity contribution in [3.8, 4) is 11.8 Å². The normalized spacial score (nSPS) is 18.2. The van der Waals surface area contributed by atoms with Crippen molar-refractivity contribution in [2.45, 2.75) is 12.5 Å². The molecule has 2 N–H and O–H groups in total. The molecule has 0 radical (unpaired) electrons.